The lowest BCUT2D eigenvalue weighted by Gasteiger charge is -2.57. The number of aliphatic hydroxyl groups excluding tert-OH is 2. The fourth-order valence-electron chi connectivity index (χ4n) is 8.74. The van der Waals surface area contributed by atoms with Gasteiger partial charge in [0.1, 0.15) is 6.10 Å². The number of hydrogen-bond acceptors (Lipinski definition) is 5. The van der Waals surface area contributed by atoms with Gasteiger partial charge in [0.25, 0.3) is 5.56 Å². The number of H-pyrrole nitrogens is 1. The Labute approximate surface area is 229 Å². The molecule has 2 fully saturated rings. The van der Waals surface area contributed by atoms with E-state index in [-0.39, 0.29) is 29.5 Å². The number of aromatic nitrogens is 1. The molecule has 9 heteroatoms. The van der Waals surface area contributed by atoms with E-state index in [1.807, 2.05) is 38.1 Å². The van der Waals surface area contributed by atoms with Gasteiger partial charge in [-0.2, -0.15) is 13.2 Å². The van der Waals surface area contributed by atoms with Gasteiger partial charge in [-0.15, -0.1) is 0 Å². The Hall–Kier alpha value is -2.72. The van der Waals surface area contributed by atoms with Crippen molar-refractivity contribution < 1.29 is 28.1 Å². The number of hydrogen-bond donors (Lipinski definition) is 3. The summed E-state index contributed by atoms with van der Waals surface area (Å²) < 4.78 is 51.6. The zero-order chi connectivity index (χ0) is 28.4. The average Bonchev–Trinajstić information content (AvgIpc) is 3.40. The third-order valence-electron chi connectivity index (χ3n) is 10.6. The molecule has 2 aliphatic heterocycles. The van der Waals surface area contributed by atoms with Crippen molar-refractivity contribution in [3.63, 3.8) is 0 Å². The summed E-state index contributed by atoms with van der Waals surface area (Å²) >= 11 is 0. The number of ether oxygens (including phenoxy) is 1. The number of rotatable bonds is 2. The van der Waals surface area contributed by atoms with Crippen LogP contribution in [0.3, 0.4) is 0 Å². The van der Waals surface area contributed by atoms with E-state index < -0.39 is 40.6 Å². The molecule has 3 aliphatic carbocycles. The van der Waals surface area contributed by atoms with Gasteiger partial charge >= 0.3 is 6.18 Å². The minimum Gasteiger partial charge on any atom is -0.388 e. The van der Waals surface area contributed by atoms with Gasteiger partial charge in [0, 0.05) is 34.5 Å². The molecule has 0 amide bonds. The highest BCUT2D eigenvalue weighted by Gasteiger charge is 2.69. The van der Waals surface area contributed by atoms with E-state index in [1.165, 1.54) is 0 Å². The lowest BCUT2D eigenvalue weighted by molar-refractivity contribution is -0.170. The highest BCUT2D eigenvalue weighted by molar-refractivity contribution is 5.87. The molecule has 6 nitrogen and oxygen atoms in total. The molecule has 2 aromatic rings. The lowest BCUT2D eigenvalue weighted by atomic mass is 9.56. The molecule has 1 aromatic carbocycles. The molecule has 3 N–H and O–H groups in total. The van der Waals surface area contributed by atoms with E-state index in [0.717, 1.165) is 16.5 Å². The van der Waals surface area contributed by atoms with Crippen LogP contribution in [0, 0.1) is 11.3 Å². The molecule has 40 heavy (non-hydrogen) atoms. The lowest BCUT2D eigenvalue weighted by Crippen LogP contribution is -2.62. The van der Waals surface area contributed by atoms with E-state index in [4.69, 9.17) is 4.74 Å². The van der Waals surface area contributed by atoms with Crippen LogP contribution in [-0.4, -0.2) is 69.8 Å². The quantitative estimate of drug-likeness (QED) is 0.510. The van der Waals surface area contributed by atoms with Crippen LogP contribution in [0.2, 0.25) is 0 Å². The summed E-state index contributed by atoms with van der Waals surface area (Å²) in [6.07, 6.45) is -0.172. The van der Waals surface area contributed by atoms with Crippen LogP contribution in [0.25, 0.3) is 16.3 Å². The van der Waals surface area contributed by atoms with Crippen LogP contribution >= 0.6 is 0 Å². The highest BCUT2D eigenvalue weighted by atomic mass is 19.4. The fraction of sp³-hybridized carbons (Fsp3) is 0.516. The van der Waals surface area contributed by atoms with Crippen molar-refractivity contribution in [2.75, 3.05) is 14.1 Å². The summed E-state index contributed by atoms with van der Waals surface area (Å²) in [6, 6.07) is 6.88. The van der Waals surface area contributed by atoms with Crippen molar-refractivity contribution in [1.29, 1.82) is 0 Å². The van der Waals surface area contributed by atoms with Gasteiger partial charge in [-0.1, -0.05) is 25.1 Å². The second-order valence-corrected chi connectivity index (χ2v) is 12.8. The molecule has 1 saturated heterocycles. The molecule has 3 heterocycles. The first-order valence-corrected chi connectivity index (χ1v) is 13.9. The smallest absolute Gasteiger partial charge is 0.388 e. The summed E-state index contributed by atoms with van der Waals surface area (Å²) in [5, 5.41) is 23.3. The van der Waals surface area contributed by atoms with Crippen LogP contribution in [0.4, 0.5) is 13.2 Å². The van der Waals surface area contributed by atoms with Gasteiger partial charge in [0.15, 0.2) is 0 Å². The van der Waals surface area contributed by atoms with Crippen molar-refractivity contribution in [2.45, 2.75) is 74.7 Å². The second-order valence-electron chi connectivity index (χ2n) is 12.8. The molecule has 212 valence electrons. The number of halogens is 3. The zero-order valence-electron chi connectivity index (χ0n) is 22.7. The van der Waals surface area contributed by atoms with Crippen LogP contribution < -0.4 is 5.56 Å². The molecule has 7 unspecified atom stereocenters. The number of aromatic amines is 1. The minimum atomic E-state index is -4.59. The number of alkyl halides is 3. The molecule has 0 radical (unpaired) electrons. The summed E-state index contributed by atoms with van der Waals surface area (Å²) in [5.41, 5.74) is -1.58. The largest absolute Gasteiger partial charge is 0.413 e. The predicted octanol–water partition coefficient (Wildman–Crippen LogP) is 4.48. The maximum atomic E-state index is 14.9. The molecule has 1 saturated carbocycles. The maximum absolute atomic E-state index is 14.9. The summed E-state index contributed by atoms with van der Waals surface area (Å²) in [7, 11) is 3.66. The van der Waals surface area contributed by atoms with Crippen molar-refractivity contribution in [3.05, 3.63) is 75.3 Å². The molecular formula is C31H33F3N2O4. The Balaban J connectivity index is 1.39. The van der Waals surface area contributed by atoms with Crippen LogP contribution in [0.5, 0.6) is 0 Å². The SMILES string of the molecule is CN(C)C1CC23CCC4(O2)C(=C(C(F)(F)F)CC2(C)C(c5ccc6c(=O)[nH]ccc6c5)=CCC24)C=C3C(O)C1O. The van der Waals surface area contributed by atoms with Gasteiger partial charge in [-0.05, 0) is 92.1 Å². The summed E-state index contributed by atoms with van der Waals surface area (Å²) in [4.78, 5) is 16.8. The number of likely N-dealkylation sites (N-methyl/N-ethyl adjacent to an activating group) is 1. The van der Waals surface area contributed by atoms with E-state index in [2.05, 4.69) is 11.1 Å². The number of nitrogens with one attached hydrogen (secondary N) is 1. The van der Waals surface area contributed by atoms with Crippen molar-refractivity contribution in [1.82, 2.24) is 9.88 Å². The Morgan fingerprint density at radius 2 is 1.93 bits per heavy atom. The third-order valence-corrected chi connectivity index (χ3v) is 10.6. The maximum Gasteiger partial charge on any atom is 0.413 e. The number of aliphatic hydroxyl groups is 2. The molecule has 2 bridgehead atoms. The summed E-state index contributed by atoms with van der Waals surface area (Å²) in [5.74, 6) is -0.232. The van der Waals surface area contributed by atoms with Crippen molar-refractivity contribution in [2.24, 2.45) is 11.3 Å². The van der Waals surface area contributed by atoms with Crippen molar-refractivity contribution >= 4 is 16.3 Å². The Kier molecular flexibility index (Phi) is 5.36. The van der Waals surface area contributed by atoms with Gasteiger partial charge in [-0.25, -0.2) is 0 Å². The average molecular weight is 555 g/mol. The fourth-order valence-corrected chi connectivity index (χ4v) is 8.74. The van der Waals surface area contributed by atoms with E-state index in [1.54, 1.807) is 24.4 Å². The topological polar surface area (TPSA) is 85.8 Å². The van der Waals surface area contributed by atoms with Gasteiger partial charge < -0.3 is 24.8 Å². The van der Waals surface area contributed by atoms with Gasteiger partial charge in [0.2, 0.25) is 0 Å². The monoisotopic (exact) mass is 554 g/mol. The number of pyridine rings is 1. The summed E-state index contributed by atoms with van der Waals surface area (Å²) in [6.45, 7) is 1.92. The standard InChI is InChI=1S/C31H33F3N2O4/c1-28-14-22(31(32,33)34)20-13-21-25(37)26(38)23(36(2)3)15-29(21)9-10-30(20,40-29)24(28)7-6-19(28)17-4-5-18-16(12-17)8-11-35-27(18)39/h4-6,8,11-13,23-26,37-38H,7,9-10,14-15H2,1-3H3,(H,35,39). The second kappa shape index (κ2) is 8.18. The first kappa shape index (κ1) is 26.2. The van der Waals surface area contributed by atoms with E-state index >= 15 is 0 Å². The molecule has 2 spiro atoms. The number of nitrogens with zero attached hydrogens (tertiary/aromatic N) is 1. The third kappa shape index (κ3) is 3.29. The van der Waals surface area contributed by atoms with E-state index in [9.17, 15) is 28.2 Å². The molecule has 5 aliphatic rings. The first-order valence-electron chi connectivity index (χ1n) is 13.9. The van der Waals surface area contributed by atoms with Crippen LogP contribution in [-0.2, 0) is 4.74 Å². The van der Waals surface area contributed by atoms with Gasteiger partial charge in [0.05, 0.1) is 17.3 Å². The molecule has 1 aromatic heterocycles. The molecular weight excluding hydrogens is 521 g/mol. The first-order chi connectivity index (χ1) is 18.8. The van der Waals surface area contributed by atoms with Crippen LogP contribution in [0.1, 0.15) is 44.6 Å². The van der Waals surface area contributed by atoms with Crippen LogP contribution in [0.15, 0.2) is 64.1 Å². The molecule has 7 atom stereocenters. The number of fused-ring (bicyclic) bond motifs is 2. The predicted molar refractivity (Wildman–Crippen MR) is 144 cm³/mol. The Morgan fingerprint density at radius 3 is 2.65 bits per heavy atom. The highest BCUT2D eigenvalue weighted by Crippen LogP contribution is 2.70. The normalized spacial score (nSPS) is 38.7. The minimum absolute atomic E-state index is 0.125. The number of allylic oxidation sites excluding steroid dienone is 3. The Morgan fingerprint density at radius 1 is 1.15 bits per heavy atom. The molecule has 7 rings (SSSR count). The number of benzene rings is 1. The van der Waals surface area contributed by atoms with Gasteiger partial charge in [-0.3, -0.25) is 4.79 Å². The van der Waals surface area contributed by atoms with E-state index in [0.29, 0.717) is 36.6 Å². The Bertz CT molecular complexity index is 1590. The van der Waals surface area contributed by atoms with Crippen molar-refractivity contribution in [3.8, 4) is 0 Å². The zero-order valence-corrected chi connectivity index (χ0v) is 22.7.